The van der Waals surface area contributed by atoms with Crippen molar-refractivity contribution in [3.8, 4) is 11.5 Å². The van der Waals surface area contributed by atoms with E-state index in [1.54, 1.807) is 14.2 Å². The van der Waals surface area contributed by atoms with Crippen molar-refractivity contribution in [1.29, 1.82) is 0 Å². The van der Waals surface area contributed by atoms with Gasteiger partial charge in [0, 0.05) is 10.8 Å². The molecule has 0 unspecified atom stereocenters. The minimum absolute atomic E-state index is 0.716. The summed E-state index contributed by atoms with van der Waals surface area (Å²) in [6, 6.07) is 12.1. The Kier molecular flexibility index (Phi) is 4.63. The molecule has 0 aliphatic rings. The van der Waals surface area contributed by atoms with Crippen LogP contribution < -0.4 is 15.2 Å². The zero-order chi connectivity index (χ0) is 16.2. The molecule has 0 aliphatic heterocycles. The monoisotopic (exact) mass is 310 g/mol. The molecule has 23 heavy (non-hydrogen) atoms. The number of nitrogens with zero attached hydrogens (tertiary/aromatic N) is 1. The van der Waals surface area contributed by atoms with Crippen molar-refractivity contribution in [2.75, 3.05) is 20.8 Å². The van der Waals surface area contributed by atoms with Crippen LogP contribution in [0.2, 0.25) is 0 Å². The Labute approximate surface area is 136 Å². The standard InChI is InChI=1S/C19H22N2O2/c1-22-13-6-8-18-16(11-13)15(5-3-4-10-20)17-12-14(23-2)7-9-19(17)21-18/h6-9,11-12H,3-5,10,20H2,1-2H3. The lowest BCUT2D eigenvalue weighted by atomic mass is 9.97. The molecule has 4 heteroatoms. The Morgan fingerprint density at radius 3 is 1.91 bits per heavy atom. The highest BCUT2D eigenvalue weighted by Gasteiger charge is 2.11. The lowest BCUT2D eigenvalue weighted by molar-refractivity contribution is 0.415. The SMILES string of the molecule is COc1ccc2nc3ccc(OC)cc3c(CCCCN)c2c1. The minimum atomic E-state index is 0.716. The predicted molar refractivity (Wildman–Crippen MR) is 94.3 cm³/mol. The molecule has 0 spiro atoms. The van der Waals surface area contributed by atoms with Gasteiger partial charge in [-0.15, -0.1) is 0 Å². The fraction of sp³-hybridized carbons (Fsp3) is 0.316. The quantitative estimate of drug-likeness (QED) is 0.557. The Balaban J connectivity index is 2.25. The molecule has 2 N–H and O–H groups in total. The molecule has 0 radical (unpaired) electrons. The van der Waals surface area contributed by atoms with E-state index in [9.17, 15) is 0 Å². The number of unbranched alkanes of at least 4 members (excludes halogenated alkanes) is 1. The van der Waals surface area contributed by atoms with Crippen molar-refractivity contribution in [1.82, 2.24) is 4.98 Å². The zero-order valence-electron chi connectivity index (χ0n) is 13.6. The average Bonchev–Trinajstić information content (AvgIpc) is 2.60. The molecule has 0 saturated carbocycles. The first kappa shape index (κ1) is 15.6. The molecule has 1 heterocycles. The van der Waals surface area contributed by atoms with Crippen molar-refractivity contribution >= 4 is 21.8 Å². The van der Waals surface area contributed by atoms with Crippen molar-refractivity contribution in [3.05, 3.63) is 42.0 Å². The first-order chi connectivity index (χ1) is 11.3. The van der Waals surface area contributed by atoms with E-state index >= 15 is 0 Å². The Hall–Kier alpha value is -2.33. The maximum Gasteiger partial charge on any atom is 0.119 e. The average molecular weight is 310 g/mol. The van der Waals surface area contributed by atoms with Crippen LogP contribution in [-0.2, 0) is 6.42 Å². The number of hydrogen-bond donors (Lipinski definition) is 1. The fourth-order valence-corrected chi connectivity index (χ4v) is 2.95. The number of aromatic nitrogens is 1. The number of nitrogens with two attached hydrogens (primary N) is 1. The first-order valence-corrected chi connectivity index (χ1v) is 7.91. The summed E-state index contributed by atoms with van der Waals surface area (Å²) in [6.07, 6.45) is 3.03. The van der Waals surface area contributed by atoms with E-state index in [0.717, 1.165) is 52.6 Å². The second-order valence-electron chi connectivity index (χ2n) is 5.60. The van der Waals surface area contributed by atoms with Crippen LogP contribution >= 0.6 is 0 Å². The van der Waals surface area contributed by atoms with E-state index in [-0.39, 0.29) is 0 Å². The summed E-state index contributed by atoms with van der Waals surface area (Å²) in [6.45, 7) is 0.716. The number of hydrogen-bond acceptors (Lipinski definition) is 4. The van der Waals surface area contributed by atoms with Crippen LogP contribution in [0.4, 0.5) is 0 Å². The maximum atomic E-state index is 5.66. The second-order valence-corrected chi connectivity index (χ2v) is 5.60. The molecular weight excluding hydrogens is 288 g/mol. The van der Waals surface area contributed by atoms with Gasteiger partial charge in [-0.3, -0.25) is 0 Å². The lowest BCUT2D eigenvalue weighted by Crippen LogP contribution is -2.00. The third kappa shape index (κ3) is 3.08. The summed E-state index contributed by atoms with van der Waals surface area (Å²) in [5.41, 5.74) is 8.93. The van der Waals surface area contributed by atoms with Gasteiger partial charge in [0.15, 0.2) is 0 Å². The molecular formula is C19H22N2O2. The van der Waals surface area contributed by atoms with Gasteiger partial charge in [0.2, 0.25) is 0 Å². The van der Waals surface area contributed by atoms with Gasteiger partial charge in [-0.2, -0.15) is 0 Å². The van der Waals surface area contributed by atoms with Gasteiger partial charge < -0.3 is 15.2 Å². The Morgan fingerprint density at radius 2 is 1.43 bits per heavy atom. The van der Waals surface area contributed by atoms with Crippen molar-refractivity contribution < 1.29 is 9.47 Å². The number of benzene rings is 2. The van der Waals surface area contributed by atoms with E-state index in [0.29, 0.717) is 6.54 Å². The molecule has 0 aliphatic carbocycles. The number of methoxy groups -OCH3 is 2. The molecule has 120 valence electrons. The molecule has 4 nitrogen and oxygen atoms in total. The number of pyridine rings is 1. The number of ether oxygens (including phenoxy) is 2. The van der Waals surface area contributed by atoms with E-state index in [1.165, 1.54) is 5.56 Å². The highest BCUT2D eigenvalue weighted by atomic mass is 16.5. The van der Waals surface area contributed by atoms with Gasteiger partial charge in [-0.1, -0.05) is 0 Å². The van der Waals surface area contributed by atoms with Crippen LogP contribution in [0.5, 0.6) is 11.5 Å². The largest absolute Gasteiger partial charge is 0.497 e. The van der Waals surface area contributed by atoms with Crippen molar-refractivity contribution in [2.45, 2.75) is 19.3 Å². The van der Waals surface area contributed by atoms with Crippen LogP contribution in [0.25, 0.3) is 21.8 Å². The van der Waals surface area contributed by atoms with Gasteiger partial charge in [0.1, 0.15) is 11.5 Å². The maximum absolute atomic E-state index is 5.66. The fourth-order valence-electron chi connectivity index (χ4n) is 2.95. The third-order valence-corrected chi connectivity index (χ3v) is 4.18. The number of aryl methyl sites for hydroxylation is 1. The van der Waals surface area contributed by atoms with Gasteiger partial charge >= 0.3 is 0 Å². The lowest BCUT2D eigenvalue weighted by Gasteiger charge is -2.13. The molecule has 2 aromatic carbocycles. The molecule has 3 aromatic rings. The summed E-state index contributed by atoms with van der Waals surface area (Å²) in [5, 5.41) is 2.28. The zero-order valence-corrected chi connectivity index (χ0v) is 13.6. The topological polar surface area (TPSA) is 57.4 Å². The normalized spacial score (nSPS) is 11.1. The van der Waals surface area contributed by atoms with Crippen LogP contribution in [0.15, 0.2) is 36.4 Å². The van der Waals surface area contributed by atoms with Crippen LogP contribution in [-0.4, -0.2) is 25.7 Å². The highest BCUT2D eigenvalue weighted by molar-refractivity contribution is 5.98. The van der Waals surface area contributed by atoms with Gasteiger partial charge in [-0.25, -0.2) is 4.98 Å². The predicted octanol–water partition coefficient (Wildman–Crippen LogP) is 3.69. The molecule has 3 rings (SSSR count). The van der Waals surface area contributed by atoms with E-state index < -0.39 is 0 Å². The van der Waals surface area contributed by atoms with Gasteiger partial charge in [0.05, 0.1) is 25.3 Å². The smallest absolute Gasteiger partial charge is 0.119 e. The minimum Gasteiger partial charge on any atom is -0.497 e. The van der Waals surface area contributed by atoms with Crippen LogP contribution in [0.3, 0.4) is 0 Å². The Bertz CT molecular complexity index is 768. The van der Waals surface area contributed by atoms with Crippen LogP contribution in [0, 0.1) is 0 Å². The van der Waals surface area contributed by atoms with Crippen LogP contribution in [0.1, 0.15) is 18.4 Å². The van der Waals surface area contributed by atoms with E-state index in [2.05, 4.69) is 12.1 Å². The van der Waals surface area contributed by atoms with E-state index in [4.69, 9.17) is 20.2 Å². The number of fused-ring (bicyclic) bond motifs is 2. The summed E-state index contributed by atoms with van der Waals surface area (Å²) < 4.78 is 10.8. The third-order valence-electron chi connectivity index (χ3n) is 4.18. The summed E-state index contributed by atoms with van der Waals surface area (Å²) >= 11 is 0. The Morgan fingerprint density at radius 1 is 0.870 bits per heavy atom. The van der Waals surface area contributed by atoms with Crippen molar-refractivity contribution in [2.24, 2.45) is 5.73 Å². The second kappa shape index (κ2) is 6.84. The molecule has 0 amide bonds. The molecule has 0 saturated heterocycles. The summed E-state index contributed by atoms with van der Waals surface area (Å²) in [4.78, 5) is 4.78. The van der Waals surface area contributed by atoms with Crippen molar-refractivity contribution in [3.63, 3.8) is 0 Å². The summed E-state index contributed by atoms with van der Waals surface area (Å²) in [5.74, 6) is 1.70. The molecule has 0 fully saturated rings. The van der Waals surface area contributed by atoms with Gasteiger partial charge in [0.25, 0.3) is 0 Å². The van der Waals surface area contributed by atoms with Gasteiger partial charge in [-0.05, 0) is 67.8 Å². The number of rotatable bonds is 6. The highest BCUT2D eigenvalue weighted by Crippen LogP contribution is 2.32. The van der Waals surface area contributed by atoms with E-state index in [1.807, 2.05) is 24.3 Å². The summed E-state index contributed by atoms with van der Waals surface area (Å²) in [7, 11) is 3.37. The molecule has 0 bridgehead atoms. The molecule has 0 atom stereocenters. The first-order valence-electron chi connectivity index (χ1n) is 7.91. The molecule has 1 aromatic heterocycles.